The lowest BCUT2D eigenvalue weighted by molar-refractivity contribution is -0.384. The summed E-state index contributed by atoms with van der Waals surface area (Å²) in [5.74, 6) is -0.543. The minimum absolute atomic E-state index is 0.0279. The fraction of sp³-hybridized carbons (Fsp3) is 0. The third-order valence-corrected chi connectivity index (χ3v) is 3.74. The van der Waals surface area contributed by atoms with Gasteiger partial charge in [0.1, 0.15) is 0 Å². The molecule has 1 amide bonds. The van der Waals surface area contributed by atoms with Crippen molar-refractivity contribution in [3.63, 3.8) is 0 Å². The number of hydrogen-bond acceptors (Lipinski definition) is 3. The van der Waals surface area contributed by atoms with Gasteiger partial charge in [-0.2, -0.15) is 0 Å². The minimum atomic E-state index is -0.596. The third kappa shape index (κ3) is 3.44. The number of nitrogens with zero attached hydrogens (tertiary/aromatic N) is 1. The van der Waals surface area contributed by atoms with E-state index in [4.69, 9.17) is 34.8 Å². The molecule has 8 heteroatoms. The third-order valence-electron chi connectivity index (χ3n) is 2.61. The van der Waals surface area contributed by atoms with Crippen molar-refractivity contribution in [3.8, 4) is 0 Å². The molecular weight excluding hydrogens is 339 g/mol. The van der Waals surface area contributed by atoms with Crippen molar-refractivity contribution in [2.75, 3.05) is 5.32 Å². The van der Waals surface area contributed by atoms with Crippen molar-refractivity contribution < 1.29 is 9.72 Å². The Hall–Kier alpha value is -1.82. The van der Waals surface area contributed by atoms with Crippen molar-refractivity contribution in [2.24, 2.45) is 0 Å². The fourth-order valence-electron chi connectivity index (χ4n) is 1.59. The van der Waals surface area contributed by atoms with Crippen molar-refractivity contribution in [3.05, 3.63) is 67.1 Å². The number of anilines is 1. The molecule has 5 nitrogen and oxygen atoms in total. The molecule has 0 radical (unpaired) electrons. The summed E-state index contributed by atoms with van der Waals surface area (Å²) in [5.41, 5.74) is 0.222. The fourth-order valence-corrected chi connectivity index (χ4v) is 2.20. The molecule has 0 saturated heterocycles. The summed E-state index contributed by atoms with van der Waals surface area (Å²) in [4.78, 5) is 22.1. The van der Waals surface area contributed by atoms with Crippen LogP contribution in [0.25, 0.3) is 0 Å². The molecule has 108 valence electrons. The molecule has 0 aliphatic rings. The highest BCUT2D eigenvalue weighted by Gasteiger charge is 2.16. The Bertz CT molecular complexity index is 735. The predicted molar refractivity (Wildman–Crippen MR) is 82.5 cm³/mol. The Balaban J connectivity index is 2.29. The highest BCUT2D eigenvalue weighted by molar-refractivity contribution is 6.44. The first-order valence-electron chi connectivity index (χ1n) is 5.59. The van der Waals surface area contributed by atoms with E-state index in [-0.39, 0.29) is 21.3 Å². The van der Waals surface area contributed by atoms with E-state index in [1.165, 1.54) is 12.1 Å². The number of nitro benzene ring substituents is 1. The van der Waals surface area contributed by atoms with E-state index in [0.717, 1.165) is 6.07 Å². The van der Waals surface area contributed by atoms with E-state index in [9.17, 15) is 14.9 Å². The molecule has 0 atom stereocenters. The molecule has 0 aliphatic heterocycles. The van der Waals surface area contributed by atoms with Crippen LogP contribution in [0.1, 0.15) is 10.4 Å². The van der Waals surface area contributed by atoms with Crippen LogP contribution in [-0.4, -0.2) is 10.8 Å². The van der Waals surface area contributed by atoms with E-state index in [2.05, 4.69) is 5.32 Å². The maximum Gasteiger partial charge on any atom is 0.270 e. The van der Waals surface area contributed by atoms with Crippen LogP contribution in [0.4, 0.5) is 11.4 Å². The maximum atomic E-state index is 12.1. The first kappa shape index (κ1) is 15.6. The molecule has 0 bridgehead atoms. The van der Waals surface area contributed by atoms with Crippen LogP contribution >= 0.6 is 34.8 Å². The van der Waals surface area contributed by atoms with E-state index < -0.39 is 10.8 Å². The van der Waals surface area contributed by atoms with Gasteiger partial charge in [0.2, 0.25) is 0 Å². The number of nitrogens with one attached hydrogen (secondary N) is 1. The standard InChI is InChI=1S/C13H7Cl3N2O3/c14-9-2-1-3-11(12(9)16)17-13(19)8-5-4-7(18(20)21)6-10(8)15/h1-6H,(H,17,19). The van der Waals surface area contributed by atoms with Crippen LogP contribution in [0.3, 0.4) is 0 Å². The van der Waals surface area contributed by atoms with Gasteiger partial charge >= 0.3 is 0 Å². The van der Waals surface area contributed by atoms with Crippen molar-refractivity contribution >= 4 is 52.1 Å². The summed E-state index contributed by atoms with van der Waals surface area (Å²) in [7, 11) is 0. The molecule has 0 heterocycles. The second kappa shape index (κ2) is 6.30. The molecule has 0 fully saturated rings. The highest BCUT2D eigenvalue weighted by atomic mass is 35.5. The summed E-state index contributed by atoms with van der Waals surface area (Å²) in [6.07, 6.45) is 0. The molecule has 0 aromatic heterocycles. The number of amides is 1. The smallest absolute Gasteiger partial charge is 0.270 e. The van der Waals surface area contributed by atoms with Gasteiger partial charge in [0.15, 0.2) is 0 Å². The normalized spacial score (nSPS) is 10.2. The molecule has 2 aromatic carbocycles. The summed E-state index contributed by atoms with van der Waals surface area (Å²) in [6, 6.07) is 8.36. The lowest BCUT2D eigenvalue weighted by Crippen LogP contribution is -2.13. The zero-order valence-electron chi connectivity index (χ0n) is 10.3. The molecular formula is C13H7Cl3N2O3. The van der Waals surface area contributed by atoms with Crippen molar-refractivity contribution in [2.45, 2.75) is 0 Å². The van der Waals surface area contributed by atoms with E-state index >= 15 is 0 Å². The van der Waals surface area contributed by atoms with Crippen LogP contribution in [0.15, 0.2) is 36.4 Å². The van der Waals surface area contributed by atoms with Crippen LogP contribution in [0, 0.1) is 10.1 Å². The summed E-state index contributed by atoms with van der Waals surface area (Å²) in [5, 5.41) is 13.6. The Morgan fingerprint density at radius 1 is 1.10 bits per heavy atom. The molecule has 2 rings (SSSR count). The van der Waals surface area contributed by atoms with Crippen molar-refractivity contribution in [1.82, 2.24) is 0 Å². The average molecular weight is 346 g/mol. The number of benzene rings is 2. The molecule has 21 heavy (non-hydrogen) atoms. The Kier molecular flexibility index (Phi) is 4.67. The number of rotatable bonds is 3. The number of halogens is 3. The number of carbonyl (C=O) groups is 1. The lowest BCUT2D eigenvalue weighted by atomic mass is 10.2. The van der Waals surface area contributed by atoms with Gasteiger partial charge in [0.05, 0.1) is 31.2 Å². The van der Waals surface area contributed by atoms with Gasteiger partial charge in [-0.3, -0.25) is 14.9 Å². The van der Waals surface area contributed by atoms with Gasteiger partial charge in [-0.25, -0.2) is 0 Å². The van der Waals surface area contributed by atoms with E-state index in [1.54, 1.807) is 18.2 Å². The predicted octanol–water partition coefficient (Wildman–Crippen LogP) is 4.81. The molecule has 0 unspecified atom stereocenters. The van der Waals surface area contributed by atoms with Crippen molar-refractivity contribution in [1.29, 1.82) is 0 Å². The summed E-state index contributed by atoms with van der Waals surface area (Å²) in [6.45, 7) is 0. The molecule has 1 N–H and O–H groups in total. The molecule has 0 saturated carbocycles. The molecule has 0 spiro atoms. The van der Waals surface area contributed by atoms with Gasteiger partial charge in [-0.1, -0.05) is 40.9 Å². The van der Waals surface area contributed by atoms with E-state index in [0.29, 0.717) is 10.7 Å². The zero-order chi connectivity index (χ0) is 15.6. The number of non-ortho nitro benzene ring substituents is 1. The Morgan fingerprint density at radius 2 is 1.81 bits per heavy atom. The van der Waals surface area contributed by atoms with Crippen LogP contribution < -0.4 is 5.32 Å². The summed E-state index contributed by atoms with van der Waals surface area (Å²) >= 11 is 17.7. The second-order valence-electron chi connectivity index (χ2n) is 3.98. The molecule has 2 aromatic rings. The average Bonchev–Trinajstić information content (AvgIpc) is 2.43. The van der Waals surface area contributed by atoms with Gasteiger partial charge in [-0.15, -0.1) is 0 Å². The van der Waals surface area contributed by atoms with Gasteiger partial charge in [0.25, 0.3) is 11.6 Å². The Morgan fingerprint density at radius 3 is 2.43 bits per heavy atom. The molecule has 0 aliphatic carbocycles. The van der Waals surface area contributed by atoms with Gasteiger partial charge in [-0.05, 0) is 18.2 Å². The monoisotopic (exact) mass is 344 g/mol. The van der Waals surface area contributed by atoms with E-state index in [1.807, 2.05) is 0 Å². The largest absolute Gasteiger partial charge is 0.321 e. The number of carbonyl (C=O) groups excluding carboxylic acids is 1. The van der Waals surface area contributed by atoms with Crippen LogP contribution in [0.5, 0.6) is 0 Å². The minimum Gasteiger partial charge on any atom is -0.321 e. The van der Waals surface area contributed by atoms with Gasteiger partial charge < -0.3 is 5.32 Å². The second-order valence-corrected chi connectivity index (χ2v) is 5.17. The quantitative estimate of drug-likeness (QED) is 0.641. The number of hydrogen-bond donors (Lipinski definition) is 1. The summed E-state index contributed by atoms with van der Waals surface area (Å²) < 4.78 is 0. The topological polar surface area (TPSA) is 72.2 Å². The first-order chi connectivity index (χ1) is 9.90. The lowest BCUT2D eigenvalue weighted by Gasteiger charge is -2.09. The van der Waals surface area contributed by atoms with Crippen LogP contribution in [-0.2, 0) is 0 Å². The SMILES string of the molecule is O=C(Nc1cccc(Cl)c1Cl)c1ccc([N+](=O)[O-])cc1Cl. The number of nitro groups is 1. The zero-order valence-corrected chi connectivity index (χ0v) is 12.5. The Labute approximate surface area is 134 Å². The van der Waals surface area contributed by atoms with Gasteiger partial charge in [0, 0.05) is 12.1 Å². The van der Waals surface area contributed by atoms with Crippen LogP contribution in [0.2, 0.25) is 15.1 Å². The first-order valence-corrected chi connectivity index (χ1v) is 6.73. The maximum absolute atomic E-state index is 12.1. The highest BCUT2D eigenvalue weighted by Crippen LogP contribution is 2.30.